The summed E-state index contributed by atoms with van der Waals surface area (Å²) in [5.74, 6) is 0.599. The number of nitrogens with one attached hydrogen (secondary N) is 2. The molecule has 0 aliphatic rings. The second kappa shape index (κ2) is 10.2. The number of rotatable bonds is 10. The molecule has 1 aromatic carbocycles. The molecule has 0 fully saturated rings. The van der Waals surface area contributed by atoms with Gasteiger partial charge < -0.3 is 20.1 Å². The third kappa shape index (κ3) is 7.68. The Bertz CT molecular complexity index is 406. The number of likely N-dealkylation sites (N-methyl/N-ethyl adjacent to an activating group) is 1. The quantitative estimate of drug-likeness (QED) is 0.640. The number of methoxy groups -OCH3 is 1. The maximum Gasteiger partial charge on any atom is 0.257 e. The van der Waals surface area contributed by atoms with E-state index in [-0.39, 0.29) is 12.5 Å². The molecular formula is C16H26N2O3. The molecule has 0 saturated carbocycles. The van der Waals surface area contributed by atoms with Crippen molar-refractivity contribution < 1.29 is 14.3 Å². The van der Waals surface area contributed by atoms with E-state index in [2.05, 4.69) is 17.6 Å². The van der Waals surface area contributed by atoms with Crippen LogP contribution in [-0.4, -0.2) is 45.9 Å². The van der Waals surface area contributed by atoms with Crippen LogP contribution in [-0.2, 0) is 16.0 Å². The van der Waals surface area contributed by atoms with E-state index in [0.717, 1.165) is 12.8 Å². The molecule has 1 atom stereocenters. The van der Waals surface area contributed by atoms with Crippen LogP contribution in [0.5, 0.6) is 5.75 Å². The standard InChI is InChI=1S/C16H26N2O3/c1-13(17-2)11-14-5-7-15(8-6-14)21-12-16(19)18-9-4-10-20-3/h5-8,13,17H,4,9-12H2,1-3H3,(H,18,19). The van der Waals surface area contributed by atoms with Gasteiger partial charge in [0.05, 0.1) is 0 Å². The molecule has 118 valence electrons. The maximum absolute atomic E-state index is 11.5. The van der Waals surface area contributed by atoms with Gasteiger partial charge in [0.25, 0.3) is 5.91 Å². The fourth-order valence-corrected chi connectivity index (χ4v) is 1.82. The van der Waals surface area contributed by atoms with Crippen LogP contribution in [0.1, 0.15) is 18.9 Å². The highest BCUT2D eigenvalue weighted by Crippen LogP contribution is 2.13. The summed E-state index contributed by atoms with van der Waals surface area (Å²) in [6.45, 7) is 3.43. The van der Waals surface area contributed by atoms with E-state index in [1.165, 1.54) is 5.56 Å². The van der Waals surface area contributed by atoms with E-state index in [9.17, 15) is 4.79 Å². The molecule has 1 rings (SSSR count). The van der Waals surface area contributed by atoms with Crippen LogP contribution >= 0.6 is 0 Å². The van der Waals surface area contributed by atoms with E-state index in [0.29, 0.717) is 24.9 Å². The normalized spacial score (nSPS) is 12.0. The first kappa shape index (κ1) is 17.5. The van der Waals surface area contributed by atoms with Crippen molar-refractivity contribution in [3.8, 4) is 5.75 Å². The molecule has 5 heteroatoms. The SMILES string of the molecule is CNC(C)Cc1ccc(OCC(=O)NCCCOC)cc1. The lowest BCUT2D eigenvalue weighted by atomic mass is 10.1. The van der Waals surface area contributed by atoms with E-state index in [1.54, 1.807) is 7.11 Å². The van der Waals surface area contributed by atoms with Crippen molar-refractivity contribution in [2.75, 3.05) is 33.9 Å². The molecule has 0 heterocycles. The lowest BCUT2D eigenvalue weighted by Crippen LogP contribution is -2.30. The molecule has 0 aliphatic carbocycles. The summed E-state index contributed by atoms with van der Waals surface area (Å²) in [6, 6.07) is 8.29. The third-order valence-corrected chi connectivity index (χ3v) is 3.18. The van der Waals surface area contributed by atoms with E-state index in [4.69, 9.17) is 9.47 Å². The van der Waals surface area contributed by atoms with Gasteiger partial charge >= 0.3 is 0 Å². The van der Waals surface area contributed by atoms with Crippen LogP contribution in [0.4, 0.5) is 0 Å². The Morgan fingerprint density at radius 3 is 2.62 bits per heavy atom. The molecule has 1 unspecified atom stereocenters. The Morgan fingerprint density at radius 2 is 2.00 bits per heavy atom. The van der Waals surface area contributed by atoms with Gasteiger partial charge in [-0.15, -0.1) is 0 Å². The molecule has 0 saturated heterocycles. The van der Waals surface area contributed by atoms with E-state index < -0.39 is 0 Å². The van der Waals surface area contributed by atoms with Crippen molar-refractivity contribution in [2.24, 2.45) is 0 Å². The summed E-state index contributed by atoms with van der Waals surface area (Å²) >= 11 is 0. The Morgan fingerprint density at radius 1 is 1.29 bits per heavy atom. The van der Waals surface area contributed by atoms with Gasteiger partial charge in [0.15, 0.2) is 6.61 Å². The van der Waals surface area contributed by atoms with Crippen molar-refractivity contribution in [1.82, 2.24) is 10.6 Å². The Labute approximate surface area is 127 Å². The first-order valence-electron chi connectivity index (χ1n) is 7.30. The number of carbonyl (C=O) groups is 1. The third-order valence-electron chi connectivity index (χ3n) is 3.18. The van der Waals surface area contributed by atoms with Crippen molar-refractivity contribution in [3.05, 3.63) is 29.8 Å². The summed E-state index contributed by atoms with van der Waals surface area (Å²) in [5, 5.41) is 5.98. The zero-order chi connectivity index (χ0) is 15.5. The Kier molecular flexibility index (Phi) is 8.47. The highest BCUT2D eigenvalue weighted by atomic mass is 16.5. The topological polar surface area (TPSA) is 59.6 Å². The van der Waals surface area contributed by atoms with Crippen LogP contribution in [0.2, 0.25) is 0 Å². The van der Waals surface area contributed by atoms with E-state index >= 15 is 0 Å². The first-order chi connectivity index (χ1) is 10.2. The highest BCUT2D eigenvalue weighted by Gasteiger charge is 2.04. The summed E-state index contributed by atoms with van der Waals surface area (Å²) in [7, 11) is 3.60. The molecule has 0 spiro atoms. The first-order valence-corrected chi connectivity index (χ1v) is 7.30. The van der Waals surface area contributed by atoms with Gasteiger partial charge in [-0.1, -0.05) is 12.1 Å². The fraction of sp³-hybridized carbons (Fsp3) is 0.562. The smallest absolute Gasteiger partial charge is 0.257 e. The summed E-state index contributed by atoms with van der Waals surface area (Å²) < 4.78 is 10.4. The van der Waals surface area contributed by atoms with Crippen molar-refractivity contribution in [1.29, 1.82) is 0 Å². The minimum Gasteiger partial charge on any atom is -0.484 e. The summed E-state index contributed by atoms with van der Waals surface area (Å²) in [4.78, 5) is 11.5. The number of carbonyl (C=O) groups excluding carboxylic acids is 1. The molecule has 21 heavy (non-hydrogen) atoms. The monoisotopic (exact) mass is 294 g/mol. The average Bonchev–Trinajstić information content (AvgIpc) is 2.50. The molecule has 5 nitrogen and oxygen atoms in total. The predicted molar refractivity (Wildman–Crippen MR) is 83.7 cm³/mol. The summed E-state index contributed by atoms with van der Waals surface area (Å²) in [6.07, 6.45) is 1.78. The number of benzene rings is 1. The van der Waals surface area contributed by atoms with Crippen LogP contribution in [0, 0.1) is 0 Å². The van der Waals surface area contributed by atoms with Gasteiger partial charge in [-0.2, -0.15) is 0 Å². The van der Waals surface area contributed by atoms with Crippen LogP contribution in [0.15, 0.2) is 24.3 Å². The second-order valence-electron chi connectivity index (χ2n) is 5.02. The van der Waals surface area contributed by atoms with Crippen LogP contribution in [0.3, 0.4) is 0 Å². The zero-order valence-corrected chi connectivity index (χ0v) is 13.1. The van der Waals surface area contributed by atoms with Gasteiger partial charge in [-0.05, 0) is 44.5 Å². The Hall–Kier alpha value is -1.59. The largest absolute Gasteiger partial charge is 0.484 e. The number of ether oxygens (including phenoxy) is 2. The number of hydrogen-bond donors (Lipinski definition) is 2. The van der Waals surface area contributed by atoms with Crippen LogP contribution in [0.25, 0.3) is 0 Å². The molecule has 0 aliphatic heterocycles. The van der Waals surface area contributed by atoms with Crippen LogP contribution < -0.4 is 15.4 Å². The molecule has 1 aromatic rings. The zero-order valence-electron chi connectivity index (χ0n) is 13.1. The van der Waals surface area contributed by atoms with Gasteiger partial charge in [-0.25, -0.2) is 0 Å². The lowest BCUT2D eigenvalue weighted by Gasteiger charge is -2.11. The Balaban J connectivity index is 2.27. The summed E-state index contributed by atoms with van der Waals surface area (Å²) in [5.41, 5.74) is 1.24. The van der Waals surface area contributed by atoms with Gasteiger partial charge in [0.1, 0.15) is 5.75 Å². The average molecular weight is 294 g/mol. The van der Waals surface area contributed by atoms with Gasteiger partial charge in [0, 0.05) is 26.3 Å². The molecular weight excluding hydrogens is 268 g/mol. The molecule has 1 amide bonds. The molecule has 0 bridgehead atoms. The second-order valence-corrected chi connectivity index (χ2v) is 5.02. The molecule has 0 radical (unpaired) electrons. The number of hydrogen-bond acceptors (Lipinski definition) is 4. The highest BCUT2D eigenvalue weighted by molar-refractivity contribution is 5.77. The minimum absolute atomic E-state index is 0.0409. The lowest BCUT2D eigenvalue weighted by molar-refractivity contribution is -0.123. The molecule has 2 N–H and O–H groups in total. The predicted octanol–water partition coefficient (Wildman–Crippen LogP) is 1.37. The maximum atomic E-state index is 11.5. The minimum atomic E-state index is -0.112. The van der Waals surface area contributed by atoms with E-state index in [1.807, 2.05) is 31.3 Å². The van der Waals surface area contributed by atoms with Crippen molar-refractivity contribution >= 4 is 5.91 Å². The fourth-order valence-electron chi connectivity index (χ4n) is 1.82. The van der Waals surface area contributed by atoms with Gasteiger partial charge in [-0.3, -0.25) is 4.79 Å². The van der Waals surface area contributed by atoms with Crippen molar-refractivity contribution in [3.63, 3.8) is 0 Å². The molecule has 0 aromatic heterocycles. The van der Waals surface area contributed by atoms with Gasteiger partial charge in [0.2, 0.25) is 0 Å². The van der Waals surface area contributed by atoms with Crippen molar-refractivity contribution in [2.45, 2.75) is 25.8 Å². The number of amides is 1.